The van der Waals surface area contributed by atoms with Crippen molar-refractivity contribution in [3.63, 3.8) is 0 Å². The Labute approximate surface area is 143 Å². The lowest BCUT2D eigenvalue weighted by molar-refractivity contribution is 0.489. The number of oxazole rings is 1. The minimum absolute atomic E-state index is 0.186. The lowest BCUT2D eigenvalue weighted by Crippen LogP contribution is -2.12. The number of benzene rings is 1. The first kappa shape index (κ1) is 18.3. The van der Waals surface area contributed by atoms with Crippen molar-refractivity contribution in [3.8, 4) is 0 Å². The molecular formula is C17H25NO3S2. The second-order valence-electron chi connectivity index (χ2n) is 5.72. The third-order valence-corrected chi connectivity index (χ3v) is 6.53. The summed E-state index contributed by atoms with van der Waals surface area (Å²) in [6, 6.07) is 7.55. The van der Waals surface area contributed by atoms with E-state index in [2.05, 4.69) is 11.9 Å². The lowest BCUT2D eigenvalue weighted by atomic mass is 10.1. The Morgan fingerprint density at radius 3 is 2.57 bits per heavy atom. The molecule has 128 valence electrons. The van der Waals surface area contributed by atoms with E-state index in [1.165, 1.54) is 31.0 Å². The molecule has 0 aliphatic carbocycles. The van der Waals surface area contributed by atoms with Crippen LogP contribution >= 0.6 is 11.8 Å². The smallest absolute Gasteiger partial charge is 0.256 e. The molecule has 0 saturated heterocycles. The number of aromatic nitrogens is 1. The van der Waals surface area contributed by atoms with Gasteiger partial charge in [-0.2, -0.15) is 0 Å². The summed E-state index contributed by atoms with van der Waals surface area (Å²) in [4.78, 5) is 4.34. The monoisotopic (exact) mass is 355 g/mol. The van der Waals surface area contributed by atoms with Crippen LogP contribution in [0.4, 0.5) is 0 Å². The molecule has 0 saturated carbocycles. The Bertz CT molecular complexity index is 662. The van der Waals surface area contributed by atoms with Crippen molar-refractivity contribution in [2.45, 2.75) is 50.7 Å². The maximum atomic E-state index is 12.0. The van der Waals surface area contributed by atoms with Gasteiger partial charge in [-0.15, -0.1) is 0 Å². The molecule has 1 aromatic carbocycles. The fraction of sp³-hybridized carbons (Fsp3) is 0.588. The third kappa shape index (κ3) is 6.55. The van der Waals surface area contributed by atoms with E-state index in [4.69, 9.17) is 4.42 Å². The Hall–Kier alpha value is -1.01. The Balaban J connectivity index is 1.67. The molecule has 0 aliphatic rings. The first-order valence-corrected chi connectivity index (χ1v) is 11.1. The topological polar surface area (TPSA) is 60.2 Å². The molecular weight excluding hydrogens is 330 g/mol. The number of rotatable bonds is 11. The SMILES string of the molecule is CCCCCCCCS(=O)(=O)CCSc1nc2ccccc2o1. The lowest BCUT2D eigenvalue weighted by Gasteiger charge is -2.03. The maximum absolute atomic E-state index is 12.0. The van der Waals surface area contributed by atoms with E-state index in [1.54, 1.807) is 0 Å². The molecule has 0 spiro atoms. The van der Waals surface area contributed by atoms with Crippen LogP contribution in [-0.2, 0) is 9.84 Å². The van der Waals surface area contributed by atoms with E-state index in [9.17, 15) is 8.42 Å². The standard InChI is InChI=1S/C17H25NO3S2/c1-2-3-4-5-6-9-13-23(19,20)14-12-22-17-18-15-10-7-8-11-16(15)21-17/h7-8,10-11H,2-6,9,12-14H2,1H3. The van der Waals surface area contributed by atoms with Crippen LogP contribution < -0.4 is 0 Å². The van der Waals surface area contributed by atoms with Gasteiger partial charge in [0.15, 0.2) is 15.4 Å². The van der Waals surface area contributed by atoms with Crippen LogP contribution in [0.3, 0.4) is 0 Å². The third-order valence-electron chi connectivity index (χ3n) is 3.70. The van der Waals surface area contributed by atoms with Crippen LogP contribution in [0.5, 0.6) is 0 Å². The predicted molar refractivity (Wildman–Crippen MR) is 96.8 cm³/mol. The number of fused-ring (bicyclic) bond motifs is 1. The van der Waals surface area contributed by atoms with Gasteiger partial charge in [-0.1, -0.05) is 62.9 Å². The van der Waals surface area contributed by atoms with Crippen molar-refractivity contribution >= 4 is 32.7 Å². The molecule has 0 bridgehead atoms. The van der Waals surface area contributed by atoms with E-state index < -0.39 is 9.84 Å². The molecule has 1 aromatic heterocycles. The highest BCUT2D eigenvalue weighted by molar-refractivity contribution is 8.00. The number of thioether (sulfide) groups is 1. The zero-order valence-electron chi connectivity index (χ0n) is 13.7. The molecule has 4 nitrogen and oxygen atoms in total. The molecule has 6 heteroatoms. The second kappa shape index (κ2) is 9.33. The van der Waals surface area contributed by atoms with E-state index in [0.717, 1.165) is 30.4 Å². The van der Waals surface area contributed by atoms with E-state index >= 15 is 0 Å². The van der Waals surface area contributed by atoms with Crippen LogP contribution in [-0.4, -0.2) is 30.7 Å². The molecule has 0 aliphatic heterocycles. The fourth-order valence-corrected chi connectivity index (χ4v) is 5.06. The molecule has 0 fully saturated rings. The Kier molecular flexibility index (Phi) is 7.43. The number of unbranched alkanes of at least 4 members (excludes halogenated alkanes) is 5. The van der Waals surface area contributed by atoms with Gasteiger partial charge in [-0.3, -0.25) is 0 Å². The normalized spacial score (nSPS) is 12.0. The van der Waals surface area contributed by atoms with E-state index in [1.807, 2.05) is 24.3 Å². The fourth-order valence-electron chi connectivity index (χ4n) is 2.37. The van der Waals surface area contributed by atoms with Crippen LogP contribution in [0.2, 0.25) is 0 Å². The van der Waals surface area contributed by atoms with Crippen LogP contribution in [0.1, 0.15) is 45.4 Å². The zero-order valence-corrected chi connectivity index (χ0v) is 15.3. The minimum Gasteiger partial charge on any atom is -0.431 e. The predicted octanol–water partition coefficient (Wildman–Crippen LogP) is 4.70. The van der Waals surface area contributed by atoms with Gasteiger partial charge >= 0.3 is 0 Å². The van der Waals surface area contributed by atoms with Gasteiger partial charge in [0.2, 0.25) is 0 Å². The first-order chi connectivity index (χ1) is 11.1. The molecule has 23 heavy (non-hydrogen) atoms. The molecule has 0 amide bonds. The van der Waals surface area contributed by atoms with Gasteiger partial charge in [-0.05, 0) is 18.6 Å². The van der Waals surface area contributed by atoms with Gasteiger partial charge in [0, 0.05) is 5.75 Å². The molecule has 0 radical (unpaired) electrons. The molecule has 1 heterocycles. The first-order valence-electron chi connectivity index (χ1n) is 8.29. The number of nitrogens with zero attached hydrogens (tertiary/aromatic N) is 1. The van der Waals surface area contributed by atoms with Crippen molar-refractivity contribution < 1.29 is 12.8 Å². The number of para-hydroxylation sites is 2. The average Bonchev–Trinajstić information content (AvgIpc) is 2.93. The van der Waals surface area contributed by atoms with Gasteiger partial charge in [0.05, 0.1) is 11.5 Å². The van der Waals surface area contributed by atoms with Gasteiger partial charge < -0.3 is 4.42 Å². The number of hydrogen-bond donors (Lipinski definition) is 0. The highest BCUT2D eigenvalue weighted by atomic mass is 32.2. The van der Waals surface area contributed by atoms with Crippen LogP contribution in [0, 0.1) is 0 Å². The molecule has 0 unspecified atom stereocenters. The molecule has 0 atom stereocenters. The molecule has 0 N–H and O–H groups in total. The van der Waals surface area contributed by atoms with Gasteiger partial charge in [-0.25, -0.2) is 13.4 Å². The van der Waals surface area contributed by atoms with Crippen molar-refractivity contribution in [1.29, 1.82) is 0 Å². The summed E-state index contributed by atoms with van der Waals surface area (Å²) in [6.07, 6.45) is 6.60. The summed E-state index contributed by atoms with van der Waals surface area (Å²) in [5.41, 5.74) is 1.55. The summed E-state index contributed by atoms with van der Waals surface area (Å²) >= 11 is 1.37. The molecule has 2 aromatic rings. The second-order valence-corrected chi connectivity index (χ2v) is 9.07. The number of hydrogen-bond acceptors (Lipinski definition) is 5. The van der Waals surface area contributed by atoms with Gasteiger partial charge in [0.1, 0.15) is 5.52 Å². The van der Waals surface area contributed by atoms with Crippen LogP contribution in [0.25, 0.3) is 11.1 Å². The van der Waals surface area contributed by atoms with Crippen molar-refractivity contribution in [1.82, 2.24) is 4.98 Å². The van der Waals surface area contributed by atoms with E-state index in [0.29, 0.717) is 16.7 Å². The van der Waals surface area contributed by atoms with Crippen molar-refractivity contribution in [3.05, 3.63) is 24.3 Å². The highest BCUT2D eigenvalue weighted by Gasteiger charge is 2.12. The zero-order chi connectivity index (χ0) is 16.5. The van der Waals surface area contributed by atoms with Gasteiger partial charge in [0.25, 0.3) is 5.22 Å². The summed E-state index contributed by atoms with van der Waals surface area (Å²) in [7, 11) is -2.96. The highest BCUT2D eigenvalue weighted by Crippen LogP contribution is 2.23. The largest absolute Gasteiger partial charge is 0.431 e. The van der Waals surface area contributed by atoms with Crippen molar-refractivity contribution in [2.24, 2.45) is 0 Å². The summed E-state index contributed by atoms with van der Waals surface area (Å²) in [5.74, 6) is 0.976. The summed E-state index contributed by atoms with van der Waals surface area (Å²) < 4.78 is 29.6. The minimum atomic E-state index is -2.96. The van der Waals surface area contributed by atoms with Crippen molar-refractivity contribution in [2.75, 3.05) is 17.3 Å². The molecule has 2 rings (SSSR count). The number of sulfone groups is 1. The Morgan fingerprint density at radius 1 is 1.04 bits per heavy atom. The maximum Gasteiger partial charge on any atom is 0.256 e. The summed E-state index contributed by atoms with van der Waals surface area (Å²) in [6.45, 7) is 2.18. The van der Waals surface area contributed by atoms with Crippen LogP contribution in [0.15, 0.2) is 33.9 Å². The quantitative estimate of drug-likeness (QED) is 0.432. The summed E-state index contributed by atoms with van der Waals surface area (Å²) in [5, 5.41) is 0.543. The van der Waals surface area contributed by atoms with E-state index in [-0.39, 0.29) is 5.75 Å². The Morgan fingerprint density at radius 2 is 1.78 bits per heavy atom. The average molecular weight is 356 g/mol.